The van der Waals surface area contributed by atoms with Gasteiger partial charge in [0.1, 0.15) is 11.6 Å². The summed E-state index contributed by atoms with van der Waals surface area (Å²) in [6, 6.07) is 10.7. The Bertz CT molecular complexity index is 913. The van der Waals surface area contributed by atoms with Crippen LogP contribution in [0.15, 0.2) is 42.5 Å². The van der Waals surface area contributed by atoms with Crippen molar-refractivity contribution in [2.45, 2.75) is 25.9 Å². The quantitative estimate of drug-likeness (QED) is 0.821. The number of anilines is 2. The Morgan fingerprint density at radius 2 is 1.93 bits per heavy atom. The molecule has 0 saturated heterocycles. The van der Waals surface area contributed by atoms with Crippen molar-refractivity contribution in [2.24, 2.45) is 0 Å². The van der Waals surface area contributed by atoms with E-state index in [1.807, 2.05) is 0 Å². The Balaban J connectivity index is 1.64. The Labute approximate surface area is 155 Å². The number of hydrogen-bond donors (Lipinski definition) is 1. The van der Waals surface area contributed by atoms with Gasteiger partial charge in [-0.3, -0.25) is 14.4 Å². The molecule has 1 N–H and O–H groups in total. The largest absolute Gasteiger partial charge is 0.479 e. The third-order valence-corrected chi connectivity index (χ3v) is 4.35. The van der Waals surface area contributed by atoms with Crippen LogP contribution >= 0.6 is 0 Å². The molecule has 2 amide bonds. The Morgan fingerprint density at radius 1 is 1.19 bits per heavy atom. The number of ketones is 1. The SMILES string of the molecule is CC1Oc2ccc(C(=O)CCC(=O)Nc3ccccc3F)cc2N(C)C1=O. The summed E-state index contributed by atoms with van der Waals surface area (Å²) in [6.45, 7) is 1.66. The van der Waals surface area contributed by atoms with Crippen LogP contribution in [-0.2, 0) is 9.59 Å². The van der Waals surface area contributed by atoms with Crippen molar-refractivity contribution in [3.8, 4) is 5.75 Å². The number of nitrogens with zero attached hydrogens (tertiary/aromatic N) is 1. The van der Waals surface area contributed by atoms with Crippen LogP contribution in [0.25, 0.3) is 0 Å². The molecule has 1 aliphatic rings. The van der Waals surface area contributed by atoms with Crippen LogP contribution in [0, 0.1) is 5.82 Å². The number of nitrogens with one attached hydrogen (secondary N) is 1. The molecule has 1 heterocycles. The molecular formula is C20H19FN2O4. The summed E-state index contributed by atoms with van der Waals surface area (Å²) in [5.41, 5.74) is 0.972. The predicted molar refractivity (Wildman–Crippen MR) is 98.5 cm³/mol. The number of rotatable bonds is 5. The van der Waals surface area contributed by atoms with E-state index in [9.17, 15) is 18.8 Å². The third-order valence-electron chi connectivity index (χ3n) is 4.35. The van der Waals surface area contributed by atoms with Gasteiger partial charge in [0.2, 0.25) is 5.91 Å². The first-order chi connectivity index (χ1) is 12.9. The lowest BCUT2D eigenvalue weighted by Crippen LogP contribution is -2.42. The maximum absolute atomic E-state index is 13.5. The van der Waals surface area contributed by atoms with Crippen molar-refractivity contribution >= 4 is 29.0 Å². The minimum atomic E-state index is -0.578. The van der Waals surface area contributed by atoms with Gasteiger partial charge in [0.05, 0.1) is 11.4 Å². The second-order valence-corrected chi connectivity index (χ2v) is 6.29. The summed E-state index contributed by atoms with van der Waals surface area (Å²) in [6.07, 6.45) is -0.688. The number of benzene rings is 2. The zero-order chi connectivity index (χ0) is 19.6. The van der Waals surface area contributed by atoms with E-state index >= 15 is 0 Å². The van der Waals surface area contributed by atoms with Crippen molar-refractivity contribution in [2.75, 3.05) is 17.3 Å². The van der Waals surface area contributed by atoms with Gasteiger partial charge in [0, 0.05) is 25.5 Å². The lowest BCUT2D eigenvalue weighted by atomic mass is 10.0. The summed E-state index contributed by atoms with van der Waals surface area (Å²) in [5, 5.41) is 2.45. The van der Waals surface area contributed by atoms with Gasteiger partial charge in [-0.1, -0.05) is 12.1 Å². The van der Waals surface area contributed by atoms with Gasteiger partial charge < -0.3 is 15.0 Å². The molecule has 2 aromatic carbocycles. The number of Topliss-reactive ketones (excluding diaryl/α,β-unsaturated/α-hetero) is 1. The lowest BCUT2D eigenvalue weighted by Gasteiger charge is -2.30. The highest BCUT2D eigenvalue weighted by molar-refractivity contribution is 6.04. The number of halogens is 1. The second kappa shape index (κ2) is 7.57. The number of fused-ring (bicyclic) bond motifs is 1. The van der Waals surface area contributed by atoms with Gasteiger partial charge in [-0.15, -0.1) is 0 Å². The third kappa shape index (κ3) is 3.97. The van der Waals surface area contributed by atoms with Gasteiger partial charge in [0.25, 0.3) is 5.91 Å². The summed E-state index contributed by atoms with van der Waals surface area (Å²) in [4.78, 5) is 37.8. The smallest absolute Gasteiger partial charge is 0.267 e. The normalized spacial score (nSPS) is 15.7. The first kappa shape index (κ1) is 18.6. The van der Waals surface area contributed by atoms with Gasteiger partial charge in [-0.2, -0.15) is 0 Å². The molecule has 0 bridgehead atoms. The average Bonchev–Trinajstić information content (AvgIpc) is 2.66. The van der Waals surface area contributed by atoms with E-state index in [0.717, 1.165) is 0 Å². The highest BCUT2D eigenvalue weighted by atomic mass is 19.1. The Morgan fingerprint density at radius 3 is 2.67 bits per heavy atom. The monoisotopic (exact) mass is 370 g/mol. The van der Waals surface area contributed by atoms with Gasteiger partial charge in [-0.05, 0) is 37.3 Å². The second-order valence-electron chi connectivity index (χ2n) is 6.29. The molecule has 1 aliphatic heterocycles. The van der Waals surface area contributed by atoms with Crippen molar-refractivity contribution < 1.29 is 23.5 Å². The number of hydrogen-bond acceptors (Lipinski definition) is 4. The predicted octanol–water partition coefficient (Wildman–Crippen LogP) is 3.17. The van der Waals surface area contributed by atoms with Crippen LogP contribution in [-0.4, -0.2) is 30.7 Å². The van der Waals surface area contributed by atoms with Crippen LogP contribution < -0.4 is 15.0 Å². The molecule has 2 aromatic rings. The minimum absolute atomic E-state index is 0.0337. The molecule has 1 unspecified atom stereocenters. The molecule has 0 aliphatic carbocycles. The number of amides is 2. The van der Waals surface area contributed by atoms with Gasteiger partial charge >= 0.3 is 0 Å². The molecule has 7 heteroatoms. The highest BCUT2D eigenvalue weighted by Crippen LogP contribution is 2.34. The minimum Gasteiger partial charge on any atom is -0.479 e. The van der Waals surface area contributed by atoms with Gasteiger partial charge in [-0.25, -0.2) is 4.39 Å². The fourth-order valence-corrected chi connectivity index (χ4v) is 2.83. The van der Waals surface area contributed by atoms with Crippen molar-refractivity contribution in [3.63, 3.8) is 0 Å². The number of likely N-dealkylation sites (N-methyl/N-ethyl adjacent to an activating group) is 1. The number of carbonyl (C=O) groups is 3. The van der Waals surface area contributed by atoms with E-state index in [-0.39, 0.29) is 30.2 Å². The van der Waals surface area contributed by atoms with Crippen LogP contribution in [0.1, 0.15) is 30.1 Å². The summed E-state index contributed by atoms with van der Waals surface area (Å²) < 4.78 is 19.1. The number of ether oxygens (including phenoxy) is 1. The summed E-state index contributed by atoms with van der Waals surface area (Å²) in [7, 11) is 1.62. The number of para-hydroxylation sites is 1. The fourth-order valence-electron chi connectivity index (χ4n) is 2.83. The van der Waals surface area contributed by atoms with E-state index < -0.39 is 17.8 Å². The average molecular weight is 370 g/mol. The van der Waals surface area contributed by atoms with Crippen LogP contribution in [0.3, 0.4) is 0 Å². The zero-order valence-corrected chi connectivity index (χ0v) is 15.0. The van der Waals surface area contributed by atoms with E-state index in [1.54, 1.807) is 38.2 Å². The van der Waals surface area contributed by atoms with E-state index in [0.29, 0.717) is 17.0 Å². The van der Waals surface area contributed by atoms with Crippen LogP contribution in [0.5, 0.6) is 5.75 Å². The molecule has 0 spiro atoms. The van der Waals surface area contributed by atoms with E-state index in [4.69, 9.17) is 4.74 Å². The van der Waals surface area contributed by atoms with Crippen molar-refractivity contribution in [3.05, 3.63) is 53.8 Å². The summed E-state index contributed by atoms with van der Waals surface area (Å²) >= 11 is 0. The van der Waals surface area contributed by atoms with E-state index in [1.165, 1.54) is 23.1 Å². The molecule has 0 fully saturated rings. The molecule has 0 aromatic heterocycles. The molecule has 6 nitrogen and oxygen atoms in total. The molecule has 140 valence electrons. The number of carbonyl (C=O) groups excluding carboxylic acids is 3. The highest BCUT2D eigenvalue weighted by Gasteiger charge is 2.29. The molecule has 1 atom stereocenters. The lowest BCUT2D eigenvalue weighted by molar-refractivity contribution is -0.125. The molecular weight excluding hydrogens is 351 g/mol. The van der Waals surface area contributed by atoms with Gasteiger partial charge in [0.15, 0.2) is 11.9 Å². The molecule has 27 heavy (non-hydrogen) atoms. The molecule has 3 rings (SSSR count). The standard InChI is InChI=1S/C20H19FN2O4/c1-12-20(26)23(2)16-11-13(7-9-18(16)27-12)17(24)8-10-19(25)22-15-6-4-3-5-14(15)21/h3-7,9,11-12H,8,10H2,1-2H3,(H,22,25). The first-order valence-corrected chi connectivity index (χ1v) is 8.52. The molecule has 0 radical (unpaired) electrons. The van der Waals surface area contributed by atoms with Crippen LogP contribution in [0.4, 0.5) is 15.8 Å². The Kier molecular flexibility index (Phi) is 5.21. The molecule has 0 saturated carbocycles. The zero-order valence-electron chi connectivity index (χ0n) is 15.0. The summed E-state index contributed by atoms with van der Waals surface area (Å²) in [5.74, 6) is -0.902. The maximum atomic E-state index is 13.5. The Hall–Kier alpha value is -3.22. The first-order valence-electron chi connectivity index (χ1n) is 8.52. The van der Waals surface area contributed by atoms with Crippen molar-refractivity contribution in [1.29, 1.82) is 0 Å². The van der Waals surface area contributed by atoms with Crippen LogP contribution in [0.2, 0.25) is 0 Å². The topological polar surface area (TPSA) is 75.7 Å². The fraction of sp³-hybridized carbons (Fsp3) is 0.250. The van der Waals surface area contributed by atoms with E-state index in [2.05, 4.69) is 5.32 Å². The maximum Gasteiger partial charge on any atom is 0.267 e. The van der Waals surface area contributed by atoms with Crippen molar-refractivity contribution in [1.82, 2.24) is 0 Å².